The molecule has 8 heteroatoms. The van der Waals surface area contributed by atoms with Gasteiger partial charge in [-0.3, -0.25) is 14.4 Å². The molecule has 1 aliphatic rings. The van der Waals surface area contributed by atoms with Crippen molar-refractivity contribution in [2.45, 2.75) is 13.0 Å². The number of benzene rings is 1. The Morgan fingerprint density at radius 1 is 1.12 bits per heavy atom. The summed E-state index contributed by atoms with van der Waals surface area (Å²) in [5, 5.41) is 10.0. The number of aliphatic hydroxyl groups excluding tert-OH is 1. The molecule has 1 amide bonds. The molecule has 0 saturated carbocycles. The molecule has 132 valence electrons. The van der Waals surface area contributed by atoms with Gasteiger partial charge in [-0.05, 0) is 24.6 Å². The highest BCUT2D eigenvalue weighted by molar-refractivity contribution is 6.08. The number of methoxy groups -OCH3 is 2. The van der Waals surface area contributed by atoms with Gasteiger partial charge in [0.2, 0.25) is 0 Å². The third-order valence-electron chi connectivity index (χ3n) is 3.86. The van der Waals surface area contributed by atoms with Crippen molar-refractivity contribution >= 4 is 23.6 Å². The lowest BCUT2D eigenvalue weighted by atomic mass is 9.96. The van der Waals surface area contributed by atoms with Gasteiger partial charge in [0.1, 0.15) is 6.54 Å². The van der Waals surface area contributed by atoms with E-state index in [9.17, 15) is 24.3 Å². The van der Waals surface area contributed by atoms with Crippen LogP contribution in [0.25, 0.3) is 0 Å². The Morgan fingerprint density at radius 3 is 2.20 bits per heavy atom. The highest BCUT2D eigenvalue weighted by Gasteiger charge is 2.43. The maximum Gasteiger partial charge on any atom is 0.337 e. The number of carbonyl (C=O) groups is 4. The molecule has 0 bridgehead atoms. The summed E-state index contributed by atoms with van der Waals surface area (Å²) in [6, 6.07) is 5.03. The van der Waals surface area contributed by atoms with E-state index in [2.05, 4.69) is 9.47 Å². The Labute approximate surface area is 143 Å². The average Bonchev–Trinajstić information content (AvgIpc) is 2.86. The molecular formula is C17H17NO7. The molecule has 0 radical (unpaired) electrons. The first-order valence-electron chi connectivity index (χ1n) is 7.32. The SMILES string of the molecule is COC(=O)CN1C(=O)C(O)=C(C(C)=O)[C@@H]1c1ccc(C(=O)OC)cc1. The summed E-state index contributed by atoms with van der Waals surface area (Å²) >= 11 is 0. The van der Waals surface area contributed by atoms with Crippen LogP contribution in [-0.4, -0.2) is 54.4 Å². The van der Waals surface area contributed by atoms with Crippen LogP contribution in [0.4, 0.5) is 0 Å². The average molecular weight is 347 g/mol. The normalized spacial score (nSPS) is 16.8. The topological polar surface area (TPSA) is 110 Å². The first-order chi connectivity index (χ1) is 11.8. The van der Waals surface area contributed by atoms with E-state index in [1.807, 2.05) is 0 Å². The number of esters is 2. The van der Waals surface area contributed by atoms with Gasteiger partial charge in [-0.25, -0.2) is 4.79 Å². The smallest absolute Gasteiger partial charge is 0.337 e. The summed E-state index contributed by atoms with van der Waals surface area (Å²) in [4.78, 5) is 48.3. The zero-order valence-electron chi connectivity index (χ0n) is 13.9. The Kier molecular flexibility index (Phi) is 5.21. The van der Waals surface area contributed by atoms with Gasteiger partial charge in [-0.15, -0.1) is 0 Å². The minimum atomic E-state index is -0.948. The van der Waals surface area contributed by atoms with Crippen molar-refractivity contribution in [3.63, 3.8) is 0 Å². The van der Waals surface area contributed by atoms with E-state index in [0.29, 0.717) is 5.56 Å². The largest absolute Gasteiger partial charge is 0.503 e. The van der Waals surface area contributed by atoms with E-state index in [1.54, 1.807) is 0 Å². The predicted octanol–water partition coefficient (Wildman–Crippen LogP) is 0.931. The lowest BCUT2D eigenvalue weighted by Crippen LogP contribution is -2.36. The van der Waals surface area contributed by atoms with E-state index >= 15 is 0 Å². The fourth-order valence-electron chi connectivity index (χ4n) is 2.65. The molecule has 1 aromatic carbocycles. The highest BCUT2D eigenvalue weighted by Crippen LogP contribution is 2.37. The second-order valence-corrected chi connectivity index (χ2v) is 5.34. The molecule has 8 nitrogen and oxygen atoms in total. The van der Waals surface area contributed by atoms with E-state index < -0.39 is 42.0 Å². The maximum atomic E-state index is 12.3. The summed E-state index contributed by atoms with van der Waals surface area (Å²) < 4.78 is 9.18. The maximum absolute atomic E-state index is 12.3. The number of hydrogen-bond donors (Lipinski definition) is 1. The fraction of sp³-hybridized carbons (Fsp3) is 0.294. The molecule has 2 rings (SSSR count). The number of Topliss-reactive ketones (excluding diaryl/α,β-unsaturated/α-hetero) is 1. The first kappa shape index (κ1) is 18.2. The molecule has 1 aromatic rings. The third kappa shape index (κ3) is 3.37. The fourth-order valence-corrected chi connectivity index (χ4v) is 2.65. The second kappa shape index (κ2) is 7.16. The minimum absolute atomic E-state index is 0.111. The van der Waals surface area contributed by atoms with Crippen molar-refractivity contribution in [3.8, 4) is 0 Å². The Bertz CT molecular complexity index is 764. The van der Waals surface area contributed by atoms with Crippen LogP contribution in [0.5, 0.6) is 0 Å². The van der Waals surface area contributed by atoms with Crippen molar-refractivity contribution in [1.82, 2.24) is 4.90 Å². The van der Waals surface area contributed by atoms with Gasteiger partial charge >= 0.3 is 11.9 Å². The number of ether oxygens (including phenoxy) is 2. The van der Waals surface area contributed by atoms with Crippen LogP contribution in [0.3, 0.4) is 0 Å². The van der Waals surface area contributed by atoms with Crippen LogP contribution >= 0.6 is 0 Å². The van der Waals surface area contributed by atoms with Crippen LogP contribution in [0, 0.1) is 0 Å². The van der Waals surface area contributed by atoms with Crippen molar-refractivity contribution in [2.75, 3.05) is 20.8 Å². The zero-order chi connectivity index (χ0) is 18.7. The number of hydrogen-bond acceptors (Lipinski definition) is 7. The lowest BCUT2D eigenvalue weighted by Gasteiger charge is -2.25. The molecule has 1 N–H and O–H groups in total. The van der Waals surface area contributed by atoms with Crippen LogP contribution in [0.2, 0.25) is 0 Å². The number of nitrogens with zero attached hydrogens (tertiary/aromatic N) is 1. The summed E-state index contributed by atoms with van der Waals surface area (Å²) in [6.45, 7) is 0.788. The standard InChI is InChI=1S/C17H17NO7/c1-9(19)13-14(10-4-6-11(7-5-10)17(23)25-3)18(8-12(20)24-2)16(22)15(13)21/h4-7,14,21H,8H2,1-3H3/t14-/m0/s1. The molecule has 0 saturated heterocycles. The van der Waals surface area contributed by atoms with Gasteiger partial charge in [-0.2, -0.15) is 0 Å². The molecule has 0 spiro atoms. The lowest BCUT2D eigenvalue weighted by molar-refractivity contribution is -0.146. The highest BCUT2D eigenvalue weighted by atomic mass is 16.5. The summed E-state index contributed by atoms with van der Waals surface area (Å²) in [5.74, 6) is -3.26. The third-order valence-corrected chi connectivity index (χ3v) is 3.86. The van der Waals surface area contributed by atoms with Gasteiger partial charge in [0.25, 0.3) is 5.91 Å². The summed E-state index contributed by atoms with van der Waals surface area (Å²) in [6.07, 6.45) is 0. The predicted molar refractivity (Wildman–Crippen MR) is 84.6 cm³/mol. The monoisotopic (exact) mass is 347 g/mol. The minimum Gasteiger partial charge on any atom is -0.503 e. The molecule has 1 heterocycles. The van der Waals surface area contributed by atoms with Crippen LogP contribution in [0.15, 0.2) is 35.6 Å². The van der Waals surface area contributed by atoms with Gasteiger partial charge in [-0.1, -0.05) is 12.1 Å². The molecule has 25 heavy (non-hydrogen) atoms. The van der Waals surface area contributed by atoms with E-state index in [1.165, 1.54) is 45.4 Å². The van der Waals surface area contributed by atoms with Crippen LogP contribution < -0.4 is 0 Å². The quantitative estimate of drug-likeness (QED) is 0.789. The Hall–Kier alpha value is -3.16. The molecule has 1 atom stereocenters. The number of aliphatic hydroxyl groups is 1. The van der Waals surface area contributed by atoms with Gasteiger partial charge in [0.05, 0.1) is 31.4 Å². The van der Waals surface area contributed by atoms with Gasteiger partial charge < -0.3 is 19.5 Å². The van der Waals surface area contributed by atoms with Crippen molar-refractivity contribution in [2.24, 2.45) is 0 Å². The van der Waals surface area contributed by atoms with Gasteiger partial charge in [0.15, 0.2) is 11.5 Å². The zero-order valence-corrected chi connectivity index (χ0v) is 13.9. The molecule has 0 unspecified atom stereocenters. The second-order valence-electron chi connectivity index (χ2n) is 5.34. The first-order valence-corrected chi connectivity index (χ1v) is 7.32. The van der Waals surface area contributed by atoms with Crippen molar-refractivity contribution in [3.05, 3.63) is 46.7 Å². The van der Waals surface area contributed by atoms with E-state index in [0.717, 1.165) is 4.90 Å². The van der Waals surface area contributed by atoms with Crippen LogP contribution in [-0.2, 0) is 23.9 Å². The Morgan fingerprint density at radius 2 is 1.72 bits per heavy atom. The number of rotatable bonds is 5. The Balaban J connectivity index is 2.47. The van der Waals surface area contributed by atoms with E-state index in [-0.39, 0.29) is 11.1 Å². The number of amides is 1. The molecular weight excluding hydrogens is 330 g/mol. The van der Waals surface area contributed by atoms with E-state index in [4.69, 9.17) is 0 Å². The van der Waals surface area contributed by atoms with Gasteiger partial charge in [0, 0.05) is 0 Å². The molecule has 0 aromatic heterocycles. The number of ketones is 1. The summed E-state index contributed by atoms with van der Waals surface area (Å²) in [7, 11) is 2.42. The van der Waals surface area contributed by atoms with Crippen LogP contribution in [0.1, 0.15) is 28.9 Å². The summed E-state index contributed by atoms with van der Waals surface area (Å²) in [5.41, 5.74) is 0.631. The van der Waals surface area contributed by atoms with Crippen molar-refractivity contribution in [1.29, 1.82) is 0 Å². The molecule has 0 fully saturated rings. The van der Waals surface area contributed by atoms with Crippen molar-refractivity contribution < 1.29 is 33.8 Å². The molecule has 1 aliphatic heterocycles. The number of carbonyl (C=O) groups excluding carboxylic acids is 4. The molecule has 0 aliphatic carbocycles.